The molecule has 2 aliphatic carbocycles. The summed E-state index contributed by atoms with van der Waals surface area (Å²) < 4.78 is 17.2. The van der Waals surface area contributed by atoms with Crippen molar-refractivity contribution in [3.8, 4) is 17.2 Å². The van der Waals surface area contributed by atoms with E-state index in [0.717, 1.165) is 6.42 Å². The van der Waals surface area contributed by atoms with Crippen molar-refractivity contribution >= 4 is 29.1 Å². The number of hydrogen-bond donors (Lipinski definition) is 4. The van der Waals surface area contributed by atoms with Gasteiger partial charge in [0.05, 0.1) is 49.3 Å². The number of thioether (sulfide) groups is 1. The number of hydrogen-bond acceptors (Lipinski definition) is 12. The fourth-order valence-electron chi connectivity index (χ4n) is 7.08. The number of aliphatic hydroxyl groups excluding tert-OH is 1. The monoisotopic (exact) mass is 612 g/mol. The summed E-state index contributed by atoms with van der Waals surface area (Å²) in [6, 6.07) is 4.75. The summed E-state index contributed by atoms with van der Waals surface area (Å²) in [6.07, 6.45) is 1.37. The third kappa shape index (κ3) is 5.13. The predicted molar refractivity (Wildman–Crippen MR) is 157 cm³/mol. The van der Waals surface area contributed by atoms with Gasteiger partial charge in [0, 0.05) is 40.4 Å². The first-order chi connectivity index (χ1) is 20.6. The highest BCUT2D eigenvalue weighted by Gasteiger charge is 2.45. The van der Waals surface area contributed by atoms with E-state index in [1.54, 1.807) is 12.1 Å². The lowest BCUT2D eigenvalue weighted by atomic mass is 9.74. The van der Waals surface area contributed by atoms with Gasteiger partial charge < -0.3 is 35.3 Å². The van der Waals surface area contributed by atoms with Crippen molar-refractivity contribution in [1.82, 2.24) is 4.90 Å². The maximum Gasteiger partial charge on any atom is 0.202 e. The number of carbonyl (C=O) groups is 3. The van der Waals surface area contributed by atoms with E-state index in [1.165, 1.54) is 24.9 Å². The van der Waals surface area contributed by atoms with Crippen LogP contribution >= 0.6 is 11.8 Å². The Morgan fingerprint density at radius 3 is 2.60 bits per heavy atom. The second-order valence-electron chi connectivity index (χ2n) is 11.6. The maximum absolute atomic E-state index is 13.8. The van der Waals surface area contributed by atoms with Crippen LogP contribution in [-0.2, 0) is 20.7 Å². The van der Waals surface area contributed by atoms with Crippen LogP contribution in [0.3, 0.4) is 0 Å². The van der Waals surface area contributed by atoms with Crippen LogP contribution in [0.15, 0.2) is 18.2 Å². The number of rotatable bonds is 6. The molecule has 6 rings (SSSR count). The van der Waals surface area contributed by atoms with Gasteiger partial charge in [-0.3, -0.25) is 19.3 Å². The van der Waals surface area contributed by atoms with Crippen molar-refractivity contribution in [2.24, 2.45) is 11.7 Å². The summed E-state index contributed by atoms with van der Waals surface area (Å²) >= 11 is 1.41. The number of morpholine rings is 1. The van der Waals surface area contributed by atoms with Crippen molar-refractivity contribution < 1.29 is 43.9 Å². The Morgan fingerprint density at radius 2 is 1.88 bits per heavy atom. The summed E-state index contributed by atoms with van der Waals surface area (Å²) in [7, 11) is 1.39. The number of fused-ring (bicyclic) bond motifs is 3. The van der Waals surface area contributed by atoms with Crippen molar-refractivity contribution in [3.63, 3.8) is 0 Å². The number of phenolic OH excluding ortho intramolecular Hbond substituents is 2. The van der Waals surface area contributed by atoms with E-state index in [4.69, 9.17) is 19.9 Å². The fraction of sp³-hybridized carbons (Fsp3) is 0.516. The van der Waals surface area contributed by atoms with Crippen LogP contribution in [0, 0.1) is 5.92 Å². The highest BCUT2D eigenvalue weighted by Crippen LogP contribution is 2.55. The van der Waals surface area contributed by atoms with E-state index < -0.39 is 40.9 Å². The Bertz CT molecular complexity index is 1480. The van der Waals surface area contributed by atoms with Crippen molar-refractivity contribution in [1.29, 1.82) is 0 Å². The Kier molecular flexibility index (Phi) is 8.26. The molecule has 0 spiro atoms. The lowest BCUT2D eigenvalue weighted by Crippen LogP contribution is -2.57. The lowest BCUT2D eigenvalue weighted by Gasteiger charge is -2.45. The zero-order valence-electron chi connectivity index (χ0n) is 24.1. The zero-order chi connectivity index (χ0) is 30.6. The van der Waals surface area contributed by atoms with Gasteiger partial charge in [0.25, 0.3) is 0 Å². The minimum Gasteiger partial charge on any atom is -0.507 e. The number of nitrogens with zero attached hydrogens (tertiary/aromatic N) is 1. The Morgan fingerprint density at radius 1 is 1.12 bits per heavy atom. The standard InChI is InChI=1S/C31H36N2O9S/c1-14-8-16(33-6-7-41-13-22(33)32)11-23(42-14)43-21-10-15(19(35)12-34)9-18-25(21)31(39)27-26(29(18)37)28(36)17-4-3-5-20(40-2)24(17)30(27)38/h3-5,14-16,21-23,34,37,39H,6-13,32H2,1-2H3/t14-,15?,16+,21-,22-,23-/m0/s1. The van der Waals surface area contributed by atoms with Crippen LogP contribution in [0.5, 0.6) is 17.2 Å². The van der Waals surface area contributed by atoms with Gasteiger partial charge in [-0.25, -0.2) is 0 Å². The van der Waals surface area contributed by atoms with Gasteiger partial charge in [-0.2, -0.15) is 0 Å². The van der Waals surface area contributed by atoms with Gasteiger partial charge >= 0.3 is 0 Å². The molecule has 2 aliphatic heterocycles. The Labute approximate surface area is 253 Å². The van der Waals surface area contributed by atoms with E-state index >= 15 is 0 Å². The molecule has 2 saturated heterocycles. The molecule has 1 unspecified atom stereocenters. The number of carbonyl (C=O) groups excluding carboxylic acids is 3. The molecule has 230 valence electrons. The molecular weight excluding hydrogens is 576 g/mol. The van der Waals surface area contributed by atoms with Gasteiger partial charge in [0.2, 0.25) is 5.78 Å². The fourth-order valence-corrected chi connectivity index (χ4v) is 8.77. The van der Waals surface area contributed by atoms with Crippen LogP contribution in [0.4, 0.5) is 0 Å². The molecule has 0 amide bonds. The Hall–Kier alpha value is -3.00. The largest absolute Gasteiger partial charge is 0.507 e. The van der Waals surface area contributed by atoms with E-state index in [9.17, 15) is 29.7 Å². The van der Waals surface area contributed by atoms with Gasteiger partial charge in [0.1, 0.15) is 29.3 Å². The number of phenols is 2. The zero-order valence-corrected chi connectivity index (χ0v) is 24.9. The first kappa shape index (κ1) is 30.0. The molecular formula is C31H36N2O9S. The van der Waals surface area contributed by atoms with Crippen molar-refractivity contribution in [2.45, 2.75) is 61.6 Å². The summed E-state index contributed by atoms with van der Waals surface area (Å²) in [5.74, 6) is -2.93. The number of aliphatic hydroxyl groups is 1. The van der Waals surface area contributed by atoms with Crippen molar-refractivity contribution in [3.05, 3.63) is 51.6 Å². The van der Waals surface area contributed by atoms with E-state index in [0.29, 0.717) is 31.7 Å². The van der Waals surface area contributed by atoms with E-state index in [2.05, 4.69) is 4.90 Å². The number of aromatic hydroxyl groups is 2. The number of methoxy groups -OCH3 is 1. The molecule has 0 bridgehead atoms. The molecule has 2 aromatic rings. The molecule has 43 heavy (non-hydrogen) atoms. The second kappa shape index (κ2) is 11.8. The topological polar surface area (TPSA) is 169 Å². The van der Waals surface area contributed by atoms with Gasteiger partial charge in [-0.15, -0.1) is 11.8 Å². The highest BCUT2D eigenvalue weighted by molar-refractivity contribution is 8.00. The molecule has 12 heteroatoms. The molecule has 2 heterocycles. The number of ether oxygens (including phenoxy) is 3. The third-order valence-corrected chi connectivity index (χ3v) is 10.5. The number of nitrogens with two attached hydrogens (primary N) is 1. The quantitative estimate of drug-likeness (QED) is 0.300. The van der Waals surface area contributed by atoms with Crippen LogP contribution in [0.1, 0.15) is 74.4 Å². The predicted octanol–water partition coefficient (Wildman–Crippen LogP) is 2.29. The van der Waals surface area contributed by atoms with Crippen LogP contribution in [0.2, 0.25) is 0 Å². The third-order valence-electron chi connectivity index (χ3n) is 9.09. The molecule has 4 aliphatic rings. The SMILES string of the molecule is COc1cccc2c1C(=O)c1c(O)c3c(c(O)c1C2=O)CC(C(=O)CO)C[C@@H]3S[C@H]1C[C@H](N2CCOC[C@H]2N)C[C@H](C)O1. The minimum absolute atomic E-state index is 0.0120. The molecule has 11 nitrogen and oxygen atoms in total. The summed E-state index contributed by atoms with van der Waals surface area (Å²) in [5.41, 5.74) is 6.08. The summed E-state index contributed by atoms with van der Waals surface area (Å²) in [6.45, 7) is 3.07. The van der Waals surface area contributed by atoms with Crippen LogP contribution in [-0.4, -0.2) is 94.8 Å². The normalized spacial score (nSPS) is 29.0. The molecule has 0 radical (unpaired) electrons. The smallest absolute Gasteiger partial charge is 0.202 e. The number of ketones is 3. The average molecular weight is 613 g/mol. The summed E-state index contributed by atoms with van der Waals surface area (Å²) in [5, 5.41) is 32.4. The van der Waals surface area contributed by atoms with E-state index in [1.807, 2.05) is 6.92 Å². The average Bonchev–Trinajstić information content (AvgIpc) is 3.00. The molecule has 2 aromatic carbocycles. The Balaban J connectivity index is 1.41. The van der Waals surface area contributed by atoms with E-state index in [-0.39, 0.29) is 75.9 Å². The van der Waals surface area contributed by atoms with Gasteiger partial charge in [-0.1, -0.05) is 12.1 Å². The molecule has 6 atom stereocenters. The molecule has 0 aromatic heterocycles. The molecule has 0 saturated carbocycles. The lowest BCUT2D eigenvalue weighted by molar-refractivity contribution is -0.126. The first-order valence-electron chi connectivity index (χ1n) is 14.5. The second-order valence-corrected chi connectivity index (χ2v) is 13.0. The number of benzene rings is 2. The minimum atomic E-state index is -0.673. The van der Waals surface area contributed by atoms with Gasteiger partial charge in [-0.05, 0) is 38.7 Å². The first-order valence-corrected chi connectivity index (χ1v) is 15.5. The maximum atomic E-state index is 13.8. The number of Topliss-reactive ketones (excluding diaryl/α,β-unsaturated/α-hetero) is 1. The van der Waals surface area contributed by atoms with Crippen LogP contribution < -0.4 is 10.5 Å². The molecule has 5 N–H and O–H groups in total. The van der Waals surface area contributed by atoms with Crippen LogP contribution in [0.25, 0.3) is 0 Å². The molecule has 2 fully saturated rings. The van der Waals surface area contributed by atoms with Crippen molar-refractivity contribution in [2.75, 3.05) is 33.5 Å². The van der Waals surface area contributed by atoms with Gasteiger partial charge in [0.15, 0.2) is 11.6 Å². The summed E-state index contributed by atoms with van der Waals surface area (Å²) in [4.78, 5) is 42.5. The highest BCUT2D eigenvalue weighted by atomic mass is 32.2.